The van der Waals surface area contributed by atoms with Crippen molar-refractivity contribution < 1.29 is 14.5 Å². The standard InChI is InChI=1S/C18H17N3O4/c1-12-17(21(23)24)16(20-18(22)19-12)14-7-9-15(10-8-14)25-11-13-5-3-2-4-6-13/h2-10,16H,11H2,1H3,(H2,19,20,22). The summed E-state index contributed by atoms with van der Waals surface area (Å²) in [5, 5.41) is 16.3. The molecule has 2 amide bonds. The molecule has 2 aromatic rings. The topological polar surface area (TPSA) is 93.5 Å². The Bertz CT molecular complexity index is 816. The van der Waals surface area contributed by atoms with E-state index in [1.54, 1.807) is 24.3 Å². The maximum absolute atomic E-state index is 11.6. The summed E-state index contributed by atoms with van der Waals surface area (Å²) in [6, 6.07) is 15.4. The molecule has 0 bridgehead atoms. The monoisotopic (exact) mass is 339 g/mol. The maximum atomic E-state index is 11.6. The molecule has 1 aliphatic heterocycles. The lowest BCUT2D eigenvalue weighted by atomic mass is 10.0. The van der Waals surface area contributed by atoms with Gasteiger partial charge < -0.3 is 15.4 Å². The van der Waals surface area contributed by atoms with E-state index < -0.39 is 17.0 Å². The molecule has 0 spiro atoms. The van der Waals surface area contributed by atoms with Gasteiger partial charge >= 0.3 is 6.03 Å². The molecular weight excluding hydrogens is 322 g/mol. The predicted molar refractivity (Wildman–Crippen MR) is 91.3 cm³/mol. The zero-order valence-electron chi connectivity index (χ0n) is 13.6. The molecule has 25 heavy (non-hydrogen) atoms. The second-order valence-electron chi connectivity index (χ2n) is 5.64. The number of hydrogen-bond acceptors (Lipinski definition) is 4. The number of nitrogens with zero attached hydrogens (tertiary/aromatic N) is 1. The second-order valence-corrected chi connectivity index (χ2v) is 5.64. The molecule has 1 heterocycles. The molecule has 0 aromatic heterocycles. The van der Waals surface area contributed by atoms with Crippen LogP contribution >= 0.6 is 0 Å². The molecule has 128 valence electrons. The van der Waals surface area contributed by atoms with Crippen molar-refractivity contribution in [2.45, 2.75) is 19.6 Å². The first-order valence-electron chi connectivity index (χ1n) is 7.74. The Hall–Kier alpha value is -3.35. The Kier molecular flexibility index (Phi) is 4.65. The lowest BCUT2D eigenvalue weighted by Gasteiger charge is -2.23. The maximum Gasteiger partial charge on any atom is 0.320 e. The third kappa shape index (κ3) is 3.77. The molecule has 2 N–H and O–H groups in total. The van der Waals surface area contributed by atoms with Crippen LogP contribution < -0.4 is 15.4 Å². The zero-order valence-corrected chi connectivity index (χ0v) is 13.6. The van der Waals surface area contributed by atoms with E-state index in [1.165, 1.54) is 6.92 Å². The van der Waals surface area contributed by atoms with Crippen molar-refractivity contribution in [1.29, 1.82) is 0 Å². The molecule has 0 aliphatic carbocycles. The Morgan fingerprint density at radius 2 is 1.80 bits per heavy atom. The highest BCUT2D eigenvalue weighted by atomic mass is 16.6. The third-order valence-electron chi connectivity index (χ3n) is 3.89. The Labute approximate surface area is 144 Å². The van der Waals surface area contributed by atoms with Crippen LogP contribution in [0.3, 0.4) is 0 Å². The number of amides is 2. The minimum atomic E-state index is -0.799. The minimum Gasteiger partial charge on any atom is -0.489 e. The molecule has 0 saturated carbocycles. The summed E-state index contributed by atoms with van der Waals surface area (Å²) in [5.74, 6) is 0.649. The van der Waals surface area contributed by atoms with Crippen molar-refractivity contribution in [3.05, 3.63) is 87.2 Å². The lowest BCUT2D eigenvalue weighted by molar-refractivity contribution is -0.432. The average molecular weight is 339 g/mol. The minimum absolute atomic E-state index is 0.0717. The van der Waals surface area contributed by atoms with Gasteiger partial charge in [0.2, 0.25) is 0 Å². The lowest BCUT2D eigenvalue weighted by Crippen LogP contribution is -2.44. The number of carbonyl (C=O) groups excluding carboxylic acids is 1. The van der Waals surface area contributed by atoms with Gasteiger partial charge in [-0.3, -0.25) is 10.1 Å². The van der Waals surface area contributed by atoms with Gasteiger partial charge in [0, 0.05) is 0 Å². The number of nitrogens with one attached hydrogen (secondary N) is 2. The molecule has 0 saturated heterocycles. The molecular formula is C18H17N3O4. The van der Waals surface area contributed by atoms with Gasteiger partial charge in [0.25, 0.3) is 5.70 Å². The molecule has 3 rings (SSSR count). The smallest absolute Gasteiger partial charge is 0.320 e. The van der Waals surface area contributed by atoms with Gasteiger partial charge in [-0.1, -0.05) is 42.5 Å². The number of rotatable bonds is 5. The van der Waals surface area contributed by atoms with E-state index in [4.69, 9.17) is 4.74 Å². The van der Waals surface area contributed by atoms with Gasteiger partial charge in [0.15, 0.2) is 0 Å². The number of carbonyl (C=O) groups is 1. The van der Waals surface area contributed by atoms with Gasteiger partial charge in [-0.25, -0.2) is 4.79 Å². The number of nitro groups is 1. The van der Waals surface area contributed by atoms with Crippen molar-refractivity contribution in [3.63, 3.8) is 0 Å². The number of ether oxygens (including phenoxy) is 1. The largest absolute Gasteiger partial charge is 0.489 e. The van der Waals surface area contributed by atoms with Crippen molar-refractivity contribution in [1.82, 2.24) is 10.6 Å². The molecule has 7 nitrogen and oxygen atoms in total. The van der Waals surface area contributed by atoms with Crippen molar-refractivity contribution in [2.24, 2.45) is 0 Å². The fourth-order valence-electron chi connectivity index (χ4n) is 2.67. The summed E-state index contributed by atoms with van der Waals surface area (Å²) in [7, 11) is 0. The van der Waals surface area contributed by atoms with Crippen LogP contribution in [0.1, 0.15) is 24.1 Å². The summed E-state index contributed by atoms with van der Waals surface area (Å²) < 4.78 is 5.71. The van der Waals surface area contributed by atoms with Crippen LogP contribution in [0.15, 0.2) is 66.0 Å². The molecule has 1 aliphatic rings. The van der Waals surface area contributed by atoms with Crippen molar-refractivity contribution in [2.75, 3.05) is 0 Å². The number of hydrogen-bond donors (Lipinski definition) is 2. The summed E-state index contributed by atoms with van der Waals surface area (Å²) in [5.41, 5.74) is 1.83. The van der Waals surface area contributed by atoms with E-state index >= 15 is 0 Å². The van der Waals surface area contributed by atoms with E-state index in [0.29, 0.717) is 17.9 Å². The Morgan fingerprint density at radius 1 is 1.12 bits per heavy atom. The third-order valence-corrected chi connectivity index (χ3v) is 3.89. The van der Waals surface area contributed by atoms with Crippen LogP contribution in [0.25, 0.3) is 0 Å². The molecule has 7 heteroatoms. The van der Waals surface area contributed by atoms with Crippen LogP contribution in [0, 0.1) is 10.1 Å². The first kappa shape index (κ1) is 16.5. The molecule has 1 unspecified atom stereocenters. The van der Waals surface area contributed by atoms with E-state index in [9.17, 15) is 14.9 Å². The highest BCUT2D eigenvalue weighted by molar-refractivity contribution is 5.78. The van der Waals surface area contributed by atoms with Gasteiger partial charge in [0.1, 0.15) is 18.4 Å². The second kappa shape index (κ2) is 7.04. The summed E-state index contributed by atoms with van der Waals surface area (Å²) >= 11 is 0. The van der Waals surface area contributed by atoms with Gasteiger partial charge in [0.05, 0.1) is 10.6 Å². The summed E-state index contributed by atoms with van der Waals surface area (Å²) in [6.07, 6.45) is 0. The number of urea groups is 1. The van der Waals surface area contributed by atoms with Gasteiger partial charge in [-0.2, -0.15) is 0 Å². The number of allylic oxidation sites excluding steroid dienone is 1. The van der Waals surface area contributed by atoms with E-state index in [0.717, 1.165) is 5.56 Å². The van der Waals surface area contributed by atoms with Gasteiger partial charge in [-0.05, 0) is 30.2 Å². The number of benzene rings is 2. The normalized spacial score (nSPS) is 16.8. The molecule has 2 aromatic carbocycles. The van der Waals surface area contributed by atoms with Crippen LogP contribution in [0.2, 0.25) is 0 Å². The molecule has 1 atom stereocenters. The summed E-state index contributed by atoms with van der Waals surface area (Å²) in [4.78, 5) is 22.5. The van der Waals surface area contributed by atoms with E-state index in [2.05, 4.69) is 10.6 Å². The SMILES string of the molecule is CC1=C([N+](=O)[O-])C(c2ccc(OCc3ccccc3)cc2)NC(=O)N1. The fourth-order valence-corrected chi connectivity index (χ4v) is 2.67. The first-order chi connectivity index (χ1) is 12.0. The van der Waals surface area contributed by atoms with Crippen LogP contribution in [0.5, 0.6) is 5.75 Å². The fraction of sp³-hybridized carbons (Fsp3) is 0.167. The first-order valence-corrected chi connectivity index (χ1v) is 7.74. The van der Waals surface area contributed by atoms with E-state index in [-0.39, 0.29) is 11.4 Å². The predicted octanol–water partition coefficient (Wildman–Crippen LogP) is 3.13. The van der Waals surface area contributed by atoms with Crippen LogP contribution in [0.4, 0.5) is 4.79 Å². The average Bonchev–Trinajstić information content (AvgIpc) is 2.60. The Morgan fingerprint density at radius 3 is 2.44 bits per heavy atom. The Balaban J connectivity index is 1.76. The molecule has 0 fully saturated rings. The van der Waals surface area contributed by atoms with Crippen molar-refractivity contribution in [3.8, 4) is 5.75 Å². The summed E-state index contributed by atoms with van der Waals surface area (Å²) in [6.45, 7) is 1.95. The molecule has 0 radical (unpaired) electrons. The van der Waals surface area contributed by atoms with Gasteiger partial charge in [-0.15, -0.1) is 0 Å². The van der Waals surface area contributed by atoms with Crippen LogP contribution in [-0.2, 0) is 6.61 Å². The van der Waals surface area contributed by atoms with Crippen molar-refractivity contribution >= 4 is 6.03 Å². The highest BCUT2D eigenvalue weighted by Crippen LogP contribution is 2.28. The van der Waals surface area contributed by atoms with E-state index in [1.807, 2.05) is 30.3 Å². The quantitative estimate of drug-likeness (QED) is 0.646. The van der Waals surface area contributed by atoms with Crippen LogP contribution in [-0.4, -0.2) is 11.0 Å². The highest BCUT2D eigenvalue weighted by Gasteiger charge is 2.35. The zero-order chi connectivity index (χ0) is 17.8.